The summed E-state index contributed by atoms with van der Waals surface area (Å²) in [5.74, 6) is -0.733. The molecule has 2 nitrogen and oxygen atoms in total. The number of hydrogen-bond donors (Lipinski definition) is 1. The molecule has 0 bridgehead atoms. The van der Waals surface area contributed by atoms with Crippen molar-refractivity contribution in [3.8, 4) is 0 Å². The van der Waals surface area contributed by atoms with Crippen molar-refractivity contribution in [2.45, 2.75) is 19.8 Å². The molecule has 0 aliphatic heterocycles. The van der Waals surface area contributed by atoms with Crippen molar-refractivity contribution in [3.63, 3.8) is 0 Å². The lowest BCUT2D eigenvalue weighted by Crippen LogP contribution is -1.91. The van der Waals surface area contributed by atoms with Crippen molar-refractivity contribution in [2.75, 3.05) is 0 Å². The fourth-order valence-corrected chi connectivity index (χ4v) is 0.373. The van der Waals surface area contributed by atoms with E-state index in [0.29, 0.717) is 6.42 Å². The Hall–Kier alpha value is -0.790. The third-order valence-corrected chi connectivity index (χ3v) is 0.761. The van der Waals surface area contributed by atoms with E-state index >= 15 is 0 Å². The Balaban J connectivity index is 3.05. The van der Waals surface area contributed by atoms with Crippen LogP contribution in [0, 0.1) is 0 Å². The lowest BCUT2D eigenvalue weighted by atomic mass is 10.3. The second kappa shape index (κ2) is 4.37. The summed E-state index contributed by atoms with van der Waals surface area (Å²) in [7, 11) is 0. The van der Waals surface area contributed by atoms with E-state index in [2.05, 4.69) is 0 Å². The molecule has 0 atom stereocenters. The number of rotatable bonds is 3. The van der Waals surface area contributed by atoms with Gasteiger partial charge in [-0.1, -0.05) is 12.2 Å². The van der Waals surface area contributed by atoms with Gasteiger partial charge in [0.05, 0.1) is 0 Å². The second-order valence-corrected chi connectivity index (χ2v) is 1.50. The molecule has 0 fully saturated rings. The Morgan fingerprint density at radius 1 is 1.75 bits per heavy atom. The van der Waals surface area contributed by atoms with Crippen LogP contribution < -0.4 is 0 Å². The van der Waals surface area contributed by atoms with Gasteiger partial charge in [0.1, 0.15) is 0 Å². The van der Waals surface area contributed by atoms with Gasteiger partial charge in [0.15, 0.2) is 0 Å². The first-order valence-corrected chi connectivity index (χ1v) is 2.60. The van der Waals surface area contributed by atoms with Gasteiger partial charge < -0.3 is 5.11 Å². The fraction of sp³-hybridized carbons (Fsp3) is 0.500. The highest BCUT2D eigenvalue weighted by Crippen LogP contribution is 1.88. The quantitative estimate of drug-likeness (QED) is 0.563. The van der Waals surface area contributed by atoms with Gasteiger partial charge in [0.2, 0.25) is 0 Å². The van der Waals surface area contributed by atoms with Gasteiger partial charge in [-0.15, -0.1) is 0 Å². The maximum atomic E-state index is 9.84. The van der Waals surface area contributed by atoms with E-state index in [1.54, 1.807) is 0 Å². The molecule has 0 unspecified atom stereocenters. The van der Waals surface area contributed by atoms with Crippen LogP contribution in [0.15, 0.2) is 12.2 Å². The normalized spacial score (nSPS) is 10.1. The summed E-state index contributed by atoms with van der Waals surface area (Å²) in [4.78, 5) is 9.84. The zero-order valence-electron chi connectivity index (χ0n) is 4.92. The van der Waals surface area contributed by atoms with Crippen LogP contribution in [0.3, 0.4) is 0 Å². The maximum Gasteiger partial charge on any atom is 0.303 e. The molecule has 0 radical (unpaired) electrons. The van der Waals surface area contributed by atoms with Crippen molar-refractivity contribution in [3.05, 3.63) is 12.2 Å². The standard InChI is InChI=1S/C6H10O2/c1-2-3-4-5-6(7)8/h2-3H,4-5H2,1H3,(H,7,8)/b3-2-. The second-order valence-electron chi connectivity index (χ2n) is 1.50. The molecule has 0 aromatic heterocycles. The molecule has 1 N–H and O–H groups in total. The van der Waals surface area contributed by atoms with Crippen LogP contribution in [0.1, 0.15) is 19.8 Å². The molecular weight excluding hydrogens is 104 g/mol. The average Bonchev–Trinajstić information content (AvgIpc) is 1.66. The van der Waals surface area contributed by atoms with Gasteiger partial charge in [0.25, 0.3) is 0 Å². The number of allylic oxidation sites excluding steroid dienone is 2. The van der Waals surface area contributed by atoms with Crippen molar-refractivity contribution in [2.24, 2.45) is 0 Å². The van der Waals surface area contributed by atoms with Crippen LogP contribution in [0.5, 0.6) is 0 Å². The number of hydrogen-bond acceptors (Lipinski definition) is 1. The van der Waals surface area contributed by atoms with E-state index in [-0.39, 0.29) is 6.42 Å². The van der Waals surface area contributed by atoms with Gasteiger partial charge in [-0.25, -0.2) is 0 Å². The highest BCUT2D eigenvalue weighted by molar-refractivity contribution is 5.66. The predicted molar refractivity (Wildman–Crippen MR) is 31.7 cm³/mol. The molecule has 0 rings (SSSR count). The molecule has 46 valence electrons. The first-order valence-electron chi connectivity index (χ1n) is 2.60. The summed E-state index contributed by atoms with van der Waals surface area (Å²) in [6.07, 6.45) is 4.58. The number of carboxylic acid groups (broad SMARTS) is 1. The monoisotopic (exact) mass is 114 g/mol. The van der Waals surface area contributed by atoms with Crippen LogP contribution in [0.25, 0.3) is 0 Å². The van der Waals surface area contributed by atoms with Gasteiger partial charge >= 0.3 is 5.97 Å². The van der Waals surface area contributed by atoms with Gasteiger partial charge in [-0.3, -0.25) is 4.79 Å². The summed E-state index contributed by atoms with van der Waals surface area (Å²) in [5.41, 5.74) is 0. The predicted octanol–water partition coefficient (Wildman–Crippen LogP) is 1.43. The van der Waals surface area contributed by atoms with Gasteiger partial charge in [-0.05, 0) is 13.3 Å². The minimum Gasteiger partial charge on any atom is -0.481 e. The molecule has 0 aromatic carbocycles. The van der Waals surface area contributed by atoms with E-state index in [1.165, 1.54) is 0 Å². The molecular formula is C6H10O2. The van der Waals surface area contributed by atoms with Gasteiger partial charge in [0, 0.05) is 6.42 Å². The smallest absolute Gasteiger partial charge is 0.303 e. The number of carbonyl (C=O) groups is 1. The molecule has 0 aliphatic carbocycles. The number of aliphatic carboxylic acids is 1. The van der Waals surface area contributed by atoms with Crippen LogP contribution in [-0.4, -0.2) is 11.1 Å². The summed E-state index contributed by atoms with van der Waals surface area (Å²) in [6.45, 7) is 1.88. The zero-order valence-corrected chi connectivity index (χ0v) is 4.92. The third-order valence-electron chi connectivity index (χ3n) is 0.761. The van der Waals surface area contributed by atoms with Crippen molar-refractivity contribution < 1.29 is 9.90 Å². The third kappa shape index (κ3) is 5.21. The van der Waals surface area contributed by atoms with E-state index in [0.717, 1.165) is 0 Å². The summed E-state index contributed by atoms with van der Waals surface area (Å²) in [5, 5.41) is 8.11. The Bertz CT molecular complexity index is 94.7. The molecule has 2 heteroatoms. The lowest BCUT2D eigenvalue weighted by Gasteiger charge is -1.83. The topological polar surface area (TPSA) is 37.3 Å². The first-order chi connectivity index (χ1) is 3.77. The molecule has 0 spiro atoms. The molecule has 0 saturated carbocycles. The lowest BCUT2D eigenvalue weighted by molar-refractivity contribution is -0.136. The van der Waals surface area contributed by atoms with Crippen molar-refractivity contribution >= 4 is 5.97 Å². The minimum absolute atomic E-state index is 0.240. The summed E-state index contributed by atoms with van der Waals surface area (Å²) >= 11 is 0. The van der Waals surface area contributed by atoms with Crippen LogP contribution >= 0.6 is 0 Å². The van der Waals surface area contributed by atoms with E-state index < -0.39 is 5.97 Å². The van der Waals surface area contributed by atoms with Crippen molar-refractivity contribution in [1.82, 2.24) is 0 Å². The highest BCUT2D eigenvalue weighted by Gasteiger charge is 1.89. The van der Waals surface area contributed by atoms with E-state index in [4.69, 9.17) is 5.11 Å². The molecule has 0 saturated heterocycles. The highest BCUT2D eigenvalue weighted by atomic mass is 16.4. The van der Waals surface area contributed by atoms with Crippen LogP contribution in [0.4, 0.5) is 0 Å². The Labute approximate surface area is 48.8 Å². The molecule has 8 heavy (non-hydrogen) atoms. The van der Waals surface area contributed by atoms with Crippen molar-refractivity contribution in [1.29, 1.82) is 0 Å². The fourth-order valence-electron chi connectivity index (χ4n) is 0.373. The SMILES string of the molecule is C/C=C\CCC(=O)O. The van der Waals surface area contributed by atoms with E-state index in [1.807, 2.05) is 19.1 Å². The van der Waals surface area contributed by atoms with Crippen LogP contribution in [0.2, 0.25) is 0 Å². The maximum absolute atomic E-state index is 9.84. The Kier molecular flexibility index (Phi) is 3.94. The molecule has 0 heterocycles. The Morgan fingerprint density at radius 3 is 2.75 bits per heavy atom. The number of carboxylic acids is 1. The minimum atomic E-state index is -0.733. The summed E-state index contributed by atoms with van der Waals surface area (Å²) in [6, 6.07) is 0. The van der Waals surface area contributed by atoms with Crippen LogP contribution in [-0.2, 0) is 4.79 Å². The molecule has 0 aromatic rings. The molecule has 0 amide bonds. The average molecular weight is 114 g/mol. The summed E-state index contributed by atoms with van der Waals surface area (Å²) < 4.78 is 0. The van der Waals surface area contributed by atoms with E-state index in [9.17, 15) is 4.79 Å². The zero-order chi connectivity index (χ0) is 6.41. The first kappa shape index (κ1) is 7.21. The Morgan fingerprint density at radius 2 is 2.38 bits per heavy atom. The molecule has 0 aliphatic rings. The largest absolute Gasteiger partial charge is 0.481 e. The van der Waals surface area contributed by atoms with Gasteiger partial charge in [-0.2, -0.15) is 0 Å².